The van der Waals surface area contributed by atoms with Crippen LogP contribution in [0.5, 0.6) is 17.2 Å². The number of para-hydroxylation sites is 2. The Kier molecular flexibility index (Phi) is 5.07. The molecule has 0 heterocycles. The molecule has 0 N–H and O–H groups in total. The zero-order chi connectivity index (χ0) is 18.5. The third kappa shape index (κ3) is 4.13. The molecule has 26 heavy (non-hydrogen) atoms. The second-order valence-corrected chi connectivity index (χ2v) is 5.34. The van der Waals surface area contributed by atoms with Crippen LogP contribution in [-0.2, 0) is 6.61 Å². The summed E-state index contributed by atoms with van der Waals surface area (Å²) < 4.78 is 37.1. The van der Waals surface area contributed by atoms with Gasteiger partial charge in [-0.3, -0.25) is 10.1 Å². The Morgan fingerprint density at radius 1 is 0.885 bits per heavy atom. The Morgan fingerprint density at radius 2 is 1.58 bits per heavy atom. The van der Waals surface area contributed by atoms with E-state index in [1.54, 1.807) is 36.4 Å². The van der Waals surface area contributed by atoms with Crippen LogP contribution in [0.3, 0.4) is 0 Å². The van der Waals surface area contributed by atoms with Crippen LogP contribution in [0.2, 0.25) is 0 Å². The van der Waals surface area contributed by atoms with Crippen LogP contribution in [0, 0.1) is 21.7 Å². The molecule has 0 aliphatic carbocycles. The van der Waals surface area contributed by atoms with Crippen molar-refractivity contribution in [1.29, 1.82) is 0 Å². The molecule has 0 saturated heterocycles. The molecule has 3 aromatic carbocycles. The van der Waals surface area contributed by atoms with E-state index >= 15 is 0 Å². The van der Waals surface area contributed by atoms with Crippen LogP contribution in [-0.4, -0.2) is 4.92 Å². The van der Waals surface area contributed by atoms with E-state index in [9.17, 15) is 18.9 Å². The van der Waals surface area contributed by atoms with Crippen LogP contribution in [0.25, 0.3) is 0 Å². The minimum atomic E-state index is -0.931. The van der Waals surface area contributed by atoms with Gasteiger partial charge in [-0.15, -0.1) is 0 Å². The molecular weight excluding hydrogens is 344 g/mol. The van der Waals surface area contributed by atoms with E-state index in [4.69, 9.17) is 9.47 Å². The lowest BCUT2D eigenvalue weighted by Gasteiger charge is -2.09. The van der Waals surface area contributed by atoms with Crippen LogP contribution in [0.15, 0.2) is 66.7 Å². The highest BCUT2D eigenvalue weighted by atomic mass is 19.2. The number of benzene rings is 3. The Labute approximate surface area is 147 Å². The molecule has 0 amide bonds. The summed E-state index contributed by atoms with van der Waals surface area (Å²) in [6.45, 7) is 0.0710. The molecule has 0 atom stereocenters. The van der Waals surface area contributed by atoms with Gasteiger partial charge >= 0.3 is 5.69 Å². The second-order valence-electron chi connectivity index (χ2n) is 5.34. The lowest BCUT2D eigenvalue weighted by atomic mass is 10.2. The number of hydrogen-bond donors (Lipinski definition) is 0. The van der Waals surface area contributed by atoms with Gasteiger partial charge in [0.05, 0.1) is 4.92 Å². The molecule has 3 aromatic rings. The summed E-state index contributed by atoms with van der Waals surface area (Å²) in [6, 6.07) is 16.0. The summed E-state index contributed by atoms with van der Waals surface area (Å²) in [5.74, 6) is -0.818. The molecule has 3 rings (SSSR count). The molecule has 0 fully saturated rings. The SMILES string of the molecule is O=[N+]([O-])c1ccccc1Oc1ccc(OCc2ccc(F)c(F)c2)cc1. The number of halogens is 2. The van der Waals surface area contributed by atoms with E-state index in [2.05, 4.69) is 0 Å². The minimum Gasteiger partial charge on any atom is -0.489 e. The Bertz CT molecular complexity index is 929. The number of rotatable bonds is 6. The molecule has 0 spiro atoms. The van der Waals surface area contributed by atoms with Crippen molar-refractivity contribution in [2.24, 2.45) is 0 Å². The summed E-state index contributed by atoms with van der Waals surface area (Å²) in [7, 11) is 0. The van der Waals surface area contributed by atoms with Gasteiger partial charge in [-0.25, -0.2) is 8.78 Å². The highest BCUT2D eigenvalue weighted by Crippen LogP contribution is 2.31. The zero-order valence-corrected chi connectivity index (χ0v) is 13.4. The van der Waals surface area contributed by atoms with Gasteiger partial charge in [0, 0.05) is 6.07 Å². The molecule has 0 aliphatic heterocycles. The maximum Gasteiger partial charge on any atom is 0.311 e. The highest BCUT2D eigenvalue weighted by molar-refractivity contribution is 5.48. The zero-order valence-electron chi connectivity index (χ0n) is 13.4. The van der Waals surface area contributed by atoms with Gasteiger partial charge < -0.3 is 9.47 Å². The fourth-order valence-corrected chi connectivity index (χ4v) is 2.22. The number of hydrogen-bond acceptors (Lipinski definition) is 4. The number of ether oxygens (including phenoxy) is 2. The fraction of sp³-hybridized carbons (Fsp3) is 0.0526. The maximum atomic E-state index is 13.2. The van der Waals surface area contributed by atoms with Gasteiger partial charge in [-0.1, -0.05) is 18.2 Å². The van der Waals surface area contributed by atoms with Crippen molar-refractivity contribution in [3.8, 4) is 17.2 Å². The molecule has 132 valence electrons. The third-order valence-corrected chi connectivity index (χ3v) is 3.50. The van der Waals surface area contributed by atoms with Crippen molar-refractivity contribution >= 4 is 5.69 Å². The summed E-state index contributed by atoms with van der Waals surface area (Å²) >= 11 is 0. The second kappa shape index (κ2) is 7.60. The van der Waals surface area contributed by atoms with Gasteiger partial charge in [-0.2, -0.15) is 0 Å². The summed E-state index contributed by atoms with van der Waals surface area (Å²) in [5.41, 5.74) is 0.357. The lowest BCUT2D eigenvalue weighted by Crippen LogP contribution is -1.97. The van der Waals surface area contributed by atoms with Gasteiger partial charge in [-0.05, 0) is 48.0 Å². The number of nitrogens with zero attached hydrogens (tertiary/aromatic N) is 1. The predicted octanol–water partition coefficient (Wildman–Crippen LogP) is 5.24. The molecule has 0 aromatic heterocycles. The monoisotopic (exact) mass is 357 g/mol. The van der Waals surface area contributed by atoms with E-state index in [1.807, 2.05) is 0 Å². The maximum absolute atomic E-state index is 13.2. The van der Waals surface area contributed by atoms with Crippen molar-refractivity contribution in [2.75, 3.05) is 0 Å². The molecule has 0 radical (unpaired) electrons. The molecule has 0 bridgehead atoms. The molecule has 5 nitrogen and oxygen atoms in total. The van der Waals surface area contributed by atoms with Crippen LogP contribution in [0.4, 0.5) is 14.5 Å². The van der Waals surface area contributed by atoms with Gasteiger partial charge in [0.2, 0.25) is 5.75 Å². The highest BCUT2D eigenvalue weighted by Gasteiger charge is 2.14. The van der Waals surface area contributed by atoms with Gasteiger partial charge in [0.15, 0.2) is 11.6 Å². The quantitative estimate of drug-likeness (QED) is 0.447. The molecule has 7 heteroatoms. The van der Waals surface area contributed by atoms with Crippen LogP contribution >= 0.6 is 0 Å². The van der Waals surface area contributed by atoms with E-state index < -0.39 is 16.6 Å². The van der Waals surface area contributed by atoms with Crippen molar-refractivity contribution in [1.82, 2.24) is 0 Å². The average molecular weight is 357 g/mol. The average Bonchev–Trinajstić information content (AvgIpc) is 2.64. The normalized spacial score (nSPS) is 10.4. The first-order valence-electron chi connectivity index (χ1n) is 7.61. The van der Waals surface area contributed by atoms with Crippen LogP contribution < -0.4 is 9.47 Å². The summed E-state index contributed by atoms with van der Waals surface area (Å²) in [5, 5.41) is 11.0. The topological polar surface area (TPSA) is 61.6 Å². The van der Waals surface area contributed by atoms with E-state index in [-0.39, 0.29) is 18.0 Å². The predicted molar refractivity (Wildman–Crippen MR) is 90.3 cm³/mol. The van der Waals surface area contributed by atoms with Crippen molar-refractivity contribution in [3.05, 3.63) is 94.0 Å². The Morgan fingerprint density at radius 3 is 2.27 bits per heavy atom. The molecule has 0 saturated carbocycles. The molecule has 0 unspecified atom stereocenters. The number of nitro benzene ring substituents is 1. The van der Waals surface area contributed by atoms with Gasteiger partial charge in [0.1, 0.15) is 18.1 Å². The lowest BCUT2D eigenvalue weighted by molar-refractivity contribution is -0.385. The van der Waals surface area contributed by atoms with E-state index in [0.717, 1.165) is 12.1 Å². The van der Waals surface area contributed by atoms with E-state index in [0.29, 0.717) is 17.1 Å². The first kappa shape index (κ1) is 17.3. The first-order chi connectivity index (χ1) is 12.5. The van der Waals surface area contributed by atoms with Crippen molar-refractivity contribution in [3.63, 3.8) is 0 Å². The first-order valence-corrected chi connectivity index (χ1v) is 7.61. The Balaban J connectivity index is 1.65. The van der Waals surface area contributed by atoms with E-state index in [1.165, 1.54) is 18.2 Å². The summed E-state index contributed by atoms with van der Waals surface area (Å²) in [6.07, 6.45) is 0. The minimum absolute atomic E-state index is 0.0710. The van der Waals surface area contributed by atoms with Crippen molar-refractivity contribution in [2.45, 2.75) is 6.61 Å². The largest absolute Gasteiger partial charge is 0.489 e. The molecular formula is C19H13F2NO4. The molecule has 0 aliphatic rings. The Hall–Kier alpha value is -3.48. The number of nitro groups is 1. The van der Waals surface area contributed by atoms with Gasteiger partial charge in [0.25, 0.3) is 0 Å². The van der Waals surface area contributed by atoms with Crippen molar-refractivity contribution < 1.29 is 23.2 Å². The summed E-state index contributed by atoms with van der Waals surface area (Å²) in [4.78, 5) is 10.5. The smallest absolute Gasteiger partial charge is 0.311 e. The fourth-order valence-electron chi connectivity index (χ4n) is 2.22. The van der Waals surface area contributed by atoms with Crippen LogP contribution in [0.1, 0.15) is 5.56 Å². The standard InChI is InChI=1S/C19H13F2NO4/c20-16-10-5-13(11-17(16)21)12-25-14-6-8-15(9-7-14)26-19-4-2-1-3-18(19)22(23)24/h1-11H,12H2. The third-order valence-electron chi connectivity index (χ3n) is 3.50.